The summed E-state index contributed by atoms with van der Waals surface area (Å²) in [5.41, 5.74) is 0.0576. The molecule has 2 rings (SSSR count). The first kappa shape index (κ1) is 15.9. The minimum absolute atomic E-state index is 0.0817. The van der Waals surface area contributed by atoms with Gasteiger partial charge in [-0.2, -0.15) is 13.2 Å². The summed E-state index contributed by atoms with van der Waals surface area (Å²) in [6.45, 7) is 0.355. The molecule has 0 bridgehead atoms. The van der Waals surface area contributed by atoms with Crippen LogP contribution in [0.5, 0.6) is 0 Å². The second-order valence-electron chi connectivity index (χ2n) is 5.72. The SMILES string of the molecule is CN(Cc1ccc(C(F)(F)F)cc1)C(=O)C1CCCCC1. The molecular weight excluding hydrogens is 279 g/mol. The molecule has 0 saturated heterocycles. The molecule has 0 radical (unpaired) electrons. The van der Waals surface area contributed by atoms with Crippen LogP contribution in [0.4, 0.5) is 13.2 Å². The monoisotopic (exact) mass is 299 g/mol. The van der Waals surface area contributed by atoms with Gasteiger partial charge in [-0.05, 0) is 30.5 Å². The van der Waals surface area contributed by atoms with Crippen LogP contribution in [0.25, 0.3) is 0 Å². The third-order valence-electron chi connectivity index (χ3n) is 4.03. The molecule has 0 aliphatic heterocycles. The van der Waals surface area contributed by atoms with Crippen molar-refractivity contribution in [2.75, 3.05) is 7.05 Å². The lowest BCUT2D eigenvalue weighted by Gasteiger charge is -2.26. The van der Waals surface area contributed by atoms with E-state index in [0.29, 0.717) is 6.54 Å². The number of amides is 1. The fourth-order valence-electron chi connectivity index (χ4n) is 2.81. The Bertz CT molecular complexity index is 475. The Morgan fingerprint density at radius 3 is 2.24 bits per heavy atom. The second-order valence-corrected chi connectivity index (χ2v) is 5.72. The van der Waals surface area contributed by atoms with Crippen molar-refractivity contribution < 1.29 is 18.0 Å². The van der Waals surface area contributed by atoms with Crippen LogP contribution in [-0.2, 0) is 17.5 Å². The van der Waals surface area contributed by atoms with Crippen molar-refractivity contribution in [3.05, 3.63) is 35.4 Å². The maximum absolute atomic E-state index is 12.5. The zero-order valence-electron chi connectivity index (χ0n) is 12.1. The Morgan fingerprint density at radius 1 is 1.14 bits per heavy atom. The molecule has 0 heterocycles. The maximum atomic E-state index is 12.5. The van der Waals surface area contributed by atoms with Crippen LogP contribution in [0, 0.1) is 5.92 Å². The molecule has 5 heteroatoms. The normalized spacial score (nSPS) is 16.8. The molecule has 1 fully saturated rings. The molecule has 0 atom stereocenters. The van der Waals surface area contributed by atoms with Crippen LogP contribution in [0.15, 0.2) is 24.3 Å². The van der Waals surface area contributed by atoms with E-state index in [2.05, 4.69) is 0 Å². The summed E-state index contributed by atoms with van der Waals surface area (Å²) in [5, 5.41) is 0. The highest BCUT2D eigenvalue weighted by Crippen LogP contribution is 2.29. The molecule has 1 aliphatic rings. The van der Waals surface area contributed by atoms with Gasteiger partial charge < -0.3 is 4.90 Å². The molecule has 116 valence electrons. The van der Waals surface area contributed by atoms with Crippen molar-refractivity contribution in [1.82, 2.24) is 4.90 Å². The first-order chi connectivity index (χ1) is 9.88. The molecule has 1 amide bonds. The fourth-order valence-corrected chi connectivity index (χ4v) is 2.81. The summed E-state index contributed by atoms with van der Waals surface area (Å²) >= 11 is 0. The van der Waals surface area contributed by atoms with Gasteiger partial charge in [0, 0.05) is 19.5 Å². The van der Waals surface area contributed by atoms with Crippen LogP contribution in [0.3, 0.4) is 0 Å². The molecule has 0 spiro atoms. The van der Waals surface area contributed by atoms with Gasteiger partial charge in [-0.1, -0.05) is 31.4 Å². The number of halogens is 3. The van der Waals surface area contributed by atoms with E-state index < -0.39 is 11.7 Å². The summed E-state index contributed by atoms with van der Waals surface area (Å²) < 4.78 is 37.5. The molecule has 0 aromatic heterocycles. The Labute approximate surface area is 122 Å². The number of carbonyl (C=O) groups excluding carboxylic acids is 1. The predicted octanol–water partition coefficient (Wildman–Crippen LogP) is 4.24. The Morgan fingerprint density at radius 2 is 1.71 bits per heavy atom. The number of benzene rings is 1. The second kappa shape index (κ2) is 6.50. The number of hydrogen-bond donors (Lipinski definition) is 0. The van der Waals surface area contributed by atoms with E-state index in [0.717, 1.165) is 43.4 Å². The van der Waals surface area contributed by atoms with Gasteiger partial charge in [0.1, 0.15) is 0 Å². The quantitative estimate of drug-likeness (QED) is 0.817. The minimum atomic E-state index is -4.32. The van der Waals surface area contributed by atoms with Gasteiger partial charge in [0.05, 0.1) is 5.56 Å². The van der Waals surface area contributed by atoms with E-state index in [-0.39, 0.29) is 11.8 Å². The van der Waals surface area contributed by atoms with Crippen molar-refractivity contribution in [3.63, 3.8) is 0 Å². The summed E-state index contributed by atoms with van der Waals surface area (Å²) in [7, 11) is 1.72. The average Bonchev–Trinajstić information content (AvgIpc) is 2.47. The highest BCUT2D eigenvalue weighted by molar-refractivity contribution is 5.78. The number of carbonyl (C=O) groups is 1. The van der Waals surface area contributed by atoms with Gasteiger partial charge >= 0.3 is 6.18 Å². The van der Waals surface area contributed by atoms with Gasteiger partial charge in [0.25, 0.3) is 0 Å². The average molecular weight is 299 g/mol. The zero-order chi connectivity index (χ0) is 15.5. The lowest BCUT2D eigenvalue weighted by atomic mass is 9.88. The summed E-state index contributed by atoms with van der Waals surface area (Å²) in [5.74, 6) is 0.188. The third kappa shape index (κ3) is 4.22. The van der Waals surface area contributed by atoms with Crippen molar-refractivity contribution >= 4 is 5.91 Å². The van der Waals surface area contributed by atoms with Crippen molar-refractivity contribution in [3.8, 4) is 0 Å². The third-order valence-corrected chi connectivity index (χ3v) is 4.03. The number of alkyl halides is 3. The number of hydrogen-bond acceptors (Lipinski definition) is 1. The zero-order valence-corrected chi connectivity index (χ0v) is 12.1. The lowest BCUT2D eigenvalue weighted by Crippen LogP contribution is -2.33. The Hall–Kier alpha value is -1.52. The van der Waals surface area contributed by atoms with E-state index in [9.17, 15) is 18.0 Å². The van der Waals surface area contributed by atoms with E-state index in [1.54, 1.807) is 11.9 Å². The van der Waals surface area contributed by atoms with E-state index in [4.69, 9.17) is 0 Å². The van der Waals surface area contributed by atoms with Gasteiger partial charge in [0.2, 0.25) is 5.91 Å². The molecule has 0 unspecified atom stereocenters. The molecule has 21 heavy (non-hydrogen) atoms. The van der Waals surface area contributed by atoms with Crippen LogP contribution in [0.1, 0.15) is 43.2 Å². The standard InChI is InChI=1S/C16H20F3NO/c1-20(15(21)13-5-3-2-4-6-13)11-12-7-9-14(10-8-12)16(17,18)19/h7-10,13H,2-6,11H2,1H3. The summed E-state index contributed by atoms with van der Waals surface area (Å²) in [6, 6.07) is 5.00. The van der Waals surface area contributed by atoms with E-state index in [1.165, 1.54) is 18.6 Å². The van der Waals surface area contributed by atoms with Gasteiger partial charge in [-0.15, -0.1) is 0 Å². The maximum Gasteiger partial charge on any atom is 0.416 e. The van der Waals surface area contributed by atoms with Crippen molar-refractivity contribution in [2.24, 2.45) is 5.92 Å². The number of nitrogens with zero attached hydrogens (tertiary/aromatic N) is 1. The van der Waals surface area contributed by atoms with Crippen LogP contribution < -0.4 is 0 Å². The van der Waals surface area contributed by atoms with E-state index >= 15 is 0 Å². The molecular formula is C16H20F3NO. The highest BCUT2D eigenvalue weighted by Gasteiger charge is 2.30. The summed E-state index contributed by atoms with van der Waals surface area (Å²) in [6.07, 6.45) is 0.899. The molecule has 2 nitrogen and oxygen atoms in total. The molecule has 1 aromatic rings. The van der Waals surface area contributed by atoms with Crippen LogP contribution >= 0.6 is 0 Å². The van der Waals surface area contributed by atoms with Gasteiger partial charge in [-0.3, -0.25) is 4.79 Å². The van der Waals surface area contributed by atoms with Crippen LogP contribution in [-0.4, -0.2) is 17.9 Å². The molecule has 1 saturated carbocycles. The molecule has 1 aliphatic carbocycles. The Kier molecular flexibility index (Phi) is 4.91. The molecule has 1 aromatic carbocycles. The lowest BCUT2D eigenvalue weighted by molar-refractivity contribution is -0.138. The predicted molar refractivity (Wildman–Crippen MR) is 74.5 cm³/mol. The van der Waals surface area contributed by atoms with Gasteiger partial charge in [0.15, 0.2) is 0 Å². The summed E-state index contributed by atoms with van der Waals surface area (Å²) in [4.78, 5) is 13.9. The van der Waals surface area contributed by atoms with Crippen LogP contribution in [0.2, 0.25) is 0 Å². The van der Waals surface area contributed by atoms with Crippen molar-refractivity contribution in [1.29, 1.82) is 0 Å². The topological polar surface area (TPSA) is 20.3 Å². The number of rotatable bonds is 3. The van der Waals surface area contributed by atoms with E-state index in [1.807, 2.05) is 0 Å². The van der Waals surface area contributed by atoms with Crippen molar-refractivity contribution in [2.45, 2.75) is 44.8 Å². The smallest absolute Gasteiger partial charge is 0.341 e. The fraction of sp³-hybridized carbons (Fsp3) is 0.562. The van der Waals surface area contributed by atoms with Gasteiger partial charge in [-0.25, -0.2) is 0 Å². The Balaban J connectivity index is 1.95. The molecule has 0 N–H and O–H groups in total. The highest BCUT2D eigenvalue weighted by atomic mass is 19.4. The largest absolute Gasteiger partial charge is 0.416 e. The first-order valence-corrected chi connectivity index (χ1v) is 7.29. The first-order valence-electron chi connectivity index (χ1n) is 7.29. The minimum Gasteiger partial charge on any atom is -0.341 e.